The molecule has 1 aromatic heterocycles. The number of carbonyl (C=O) groups is 1. The van der Waals surface area contributed by atoms with E-state index in [2.05, 4.69) is 11.0 Å². The van der Waals surface area contributed by atoms with Crippen LogP contribution in [0.4, 0.5) is 0 Å². The molecule has 2 fully saturated rings. The fraction of sp³-hybridized carbons (Fsp3) is 0.706. The van der Waals surface area contributed by atoms with Crippen LogP contribution in [0.5, 0.6) is 0 Å². The van der Waals surface area contributed by atoms with E-state index in [0.29, 0.717) is 0 Å². The largest absolute Gasteiger partial charge is 0.340 e. The summed E-state index contributed by atoms with van der Waals surface area (Å²) in [5.74, 6) is 0.271. The lowest BCUT2D eigenvalue weighted by molar-refractivity contribution is -0.140. The van der Waals surface area contributed by atoms with Gasteiger partial charge in [-0.1, -0.05) is 24.4 Å². The lowest BCUT2D eigenvalue weighted by Crippen LogP contribution is -2.57. The Hall–Kier alpha value is -0.0400. The molecule has 0 bridgehead atoms. The Morgan fingerprint density at radius 1 is 1.28 bits per heavy atom. The predicted octanol–water partition coefficient (Wildman–Crippen LogP) is 3.80. The average molecular weight is 429 g/mol. The standard InChI is InChI=1S/C17H26ClN3OS.2ClH/c1-17(19)7-3-2-4-14(17)16(22)21-10-8-20(9-11-21)12-13-5-6-15(18)23-13;;/h5-6,14H,2-4,7-12,19H2,1H3;2*1H. The summed E-state index contributed by atoms with van der Waals surface area (Å²) in [5.41, 5.74) is 6.06. The highest BCUT2D eigenvalue weighted by molar-refractivity contribution is 7.16. The summed E-state index contributed by atoms with van der Waals surface area (Å²) < 4.78 is 0.841. The second kappa shape index (κ2) is 9.77. The highest BCUT2D eigenvalue weighted by atomic mass is 35.5. The molecule has 1 saturated heterocycles. The number of carbonyl (C=O) groups excluding carboxylic acids is 1. The SMILES string of the molecule is CC1(N)CCCCC1C(=O)N1CCN(Cc2ccc(Cl)s2)CC1.Cl.Cl. The maximum absolute atomic E-state index is 12.8. The second-order valence-corrected chi connectivity index (χ2v) is 8.91. The van der Waals surface area contributed by atoms with Crippen molar-refractivity contribution in [1.82, 2.24) is 9.80 Å². The number of hydrogen-bond donors (Lipinski definition) is 1. The Kier molecular flexibility index (Phi) is 8.99. The summed E-state index contributed by atoms with van der Waals surface area (Å²) in [6.45, 7) is 6.45. The minimum Gasteiger partial charge on any atom is -0.340 e. The highest BCUT2D eigenvalue weighted by Gasteiger charge is 2.40. The number of thiophene rings is 1. The van der Waals surface area contributed by atoms with Gasteiger partial charge in [0, 0.05) is 43.1 Å². The summed E-state index contributed by atoms with van der Waals surface area (Å²) in [6.07, 6.45) is 4.18. The Bertz CT molecular complexity index is 559. The number of piperazine rings is 1. The van der Waals surface area contributed by atoms with E-state index in [4.69, 9.17) is 17.3 Å². The molecule has 2 heterocycles. The van der Waals surface area contributed by atoms with Gasteiger partial charge in [-0.3, -0.25) is 9.69 Å². The van der Waals surface area contributed by atoms with E-state index in [1.54, 1.807) is 11.3 Å². The maximum Gasteiger partial charge on any atom is 0.227 e. The van der Waals surface area contributed by atoms with Crippen LogP contribution in [0.25, 0.3) is 0 Å². The molecule has 1 aromatic rings. The van der Waals surface area contributed by atoms with Crippen molar-refractivity contribution < 1.29 is 4.79 Å². The highest BCUT2D eigenvalue weighted by Crippen LogP contribution is 2.33. The zero-order valence-corrected chi connectivity index (χ0v) is 17.8. The molecule has 8 heteroatoms. The third-order valence-corrected chi connectivity index (χ3v) is 6.46. The van der Waals surface area contributed by atoms with E-state index < -0.39 is 0 Å². The summed E-state index contributed by atoms with van der Waals surface area (Å²) in [5, 5.41) is 0. The lowest BCUT2D eigenvalue weighted by Gasteiger charge is -2.42. The second-order valence-electron chi connectivity index (χ2n) is 7.11. The predicted molar refractivity (Wildman–Crippen MR) is 110 cm³/mol. The molecule has 0 spiro atoms. The molecule has 1 saturated carbocycles. The molecule has 0 radical (unpaired) electrons. The van der Waals surface area contributed by atoms with Crippen LogP contribution in [0.2, 0.25) is 4.34 Å². The molecule has 2 unspecified atom stereocenters. The zero-order valence-electron chi connectivity index (χ0n) is 14.6. The van der Waals surface area contributed by atoms with Gasteiger partial charge >= 0.3 is 0 Å². The zero-order chi connectivity index (χ0) is 16.4. The van der Waals surface area contributed by atoms with E-state index in [9.17, 15) is 4.79 Å². The van der Waals surface area contributed by atoms with Gasteiger partial charge in [0.15, 0.2) is 0 Å². The first-order chi connectivity index (χ1) is 11.0. The van der Waals surface area contributed by atoms with Gasteiger partial charge in [0.2, 0.25) is 5.91 Å². The van der Waals surface area contributed by atoms with Crippen molar-refractivity contribution in [3.8, 4) is 0 Å². The molecule has 2 atom stereocenters. The van der Waals surface area contributed by atoms with Gasteiger partial charge in [0.05, 0.1) is 10.3 Å². The van der Waals surface area contributed by atoms with Crippen LogP contribution in [0.1, 0.15) is 37.5 Å². The molecular formula is C17H28Cl3N3OS. The topological polar surface area (TPSA) is 49.6 Å². The van der Waals surface area contributed by atoms with Crippen LogP contribution in [-0.4, -0.2) is 47.4 Å². The fourth-order valence-corrected chi connectivity index (χ4v) is 4.90. The van der Waals surface area contributed by atoms with Crippen LogP contribution in [0, 0.1) is 5.92 Å². The molecule has 1 amide bonds. The molecule has 25 heavy (non-hydrogen) atoms. The number of nitrogens with zero attached hydrogens (tertiary/aromatic N) is 2. The first-order valence-corrected chi connectivity index (χ1v) is 9.69. The molecule has 1 aliphatic carbocycles. The molecule has 3 rings (SSSR count). The minimum absolute atomic E-state index is 0. The van der Waals surface area contributed by atoms with Crippen molar-refractivity contribution >= 4 is 53.7 Å². The van der Waals surface area contributed by atoms with Crippen LogP contribution in [0.3, 0.4) is 0 Å². The third kappa shape index (κ3) is 5.72. The van der Waals surface area contributed by atoms with Gasteiger partial charge in [0.1, 0.15) is 0 Å². The van der Waals surface area contributed by atoms with Gasteiger partial charge in [-0.05, 0) is 31.9 Å². The van der Waals surface area contributed by atoms with E-state index in [1.807, 2.05) is 17.9 Å². The van der Waals surface area contributed by atoms with Crippen LogP contribution in [0.15, 0.2) is 12.1 Å². The molecular weight excluding hydrogens is 401 g/mol. The van der Waals surface area contributed by atoms with Crippen molar-refractivity contribution in [3.05, 3.63) is 21.3 Å². The number of amides is 1. The van der Waals surface area contributed by atoms with Crippen molar-refractivity contribution in [1.29, 1.82) is 0 Å². The summed E-state index contributed by atoms with van der Waals surface area (Å²) >= 11 is 7.63. The fourth-order valence-electron chi connectivity index (χ4n) is 3.77. The van der Waals surface area contributed by atoms with Crippen molar-refractivity contribution in [2.45, 2.75) is 44.7 Å². The Morgan fingerprint density at radius 3 is 2.52 bits per heavy atom. The summed E-state index contributed by atoms with van der Waals surface area (Å²) in [6, 6.07) is 4.04. The smallest absolute Gasteiger partial charge is 0.227 e. The van der Waals surface area contributed by atoms with Crippen LogP contribution < -0.4 is 5.73 Å². The summed E-state index contributed by atoms with van der Waals surface area (Å²) in [4.78, 5) is 18.6. The normalized spacial score (nSPS) is 27.3. The number of rotatable bonds is 3. The van der Waals surface area contributed by atoms with Gasteiger partial charge < -0.3 is 10.6 Å². The van der Waals surface area contributed by atoms with E-state index in [0.717, 1.165) is 62.7 Å². The Labute approximate surface area is 171 Å². The average Bonchev–Trinajstić information content (AvgIpc) is 2.92. The summed E-state index contributed by atoms with van der Waals surface area (Å²) in [7, 11) is 0. The van der Waals surface area contributed by atoms with Crippen molar-refractivity contribution in [2.24, 2.45) is 11.7 Å². The number of halogens is 3. The van der Waals surface area contributed by atoms with Gasteiger partial charge in [-0.25, -0.2) is 0 Å². The Balaban J connectivity index is 0.00000156. The molecule has 1 aliphatic heterocycles. The van der Waals surface area contributed by atoms with E-state index in [1.165, 1.54) is 4.88 Å². The van der Waals surface area contributed by atoms with E-state index in [-0.39, 0.29) is 42.2 Å². The number of nitrogens with two attached hydrogens (primary N) is 1. The van der Waals surface area contributed by atoms with Crippen LogP contribution in [-0.2, 0) is 11.3 Å². The van der Waals surface area contributed by atoms with Gasteiger partial charge in [-0.15, -0.1) is 36.2 Å². The molecule has 4 nitrogen and oxygen atoms in total. The maximum atomic E-state index is 12.8. The molecule has 2 aliphatic rings. The number of hydrogen-bond acceptors (Lipinski definition) is 4. The monoisotopic (exact) mass is 427 g/mol. The third-order valence-electron chi connectivity index (χ3n) is 5.24. The molecule has 144 valence electrons. The Morgan fingerprint density at radius 2 is 1.96 bits per heavy atom. The van der Waals surface area contributed by atoms with E-state index >= 15 is 0 Å². The lowest BCUT2D eigenvalue weighted by atomic mass is 9.74. The molecule has 2 N–H and O–H groups in total. The minimum atomic E-state index is -0.333. The van der Waals surface area contributed by atoms with Crippen molar-refractivity contribution in [2.75, 3.05) is 26.2 Å². The first kappa shape index (κ1) is 23.0. The van der Waals surface area contributed by atoms with Crippen molar-refractivity contribution in [3.63, 3.8) is 0 Å². The molecule has 0 aromatic carbocycles. The quantitative estimate of drug-likeness (QED) is 0.796. The van der Waals surface area contributed by atoms with Gasteiger partial charge in [0.25, 0.3) is 0 Å². The van der Waals surface area contributed by atoms with Crippen LogP contribution >= 0.6 is 47.8 Å². The first-order valence-electron chi connectivity index (χ1n) is 8.50. The van der Waals surface area contributed by atoms with Gasteiger partial charge in [-0.2, -0.15) is 0 Å².